The van der Waals surface area contributed by atoms with Crippen molar-refractivity contribution in [3.8, 4) is 0 Å². The third-order valence-corrected chi connectivity index (χ3v) is 6.18. The Morgan fingerprint density at radius 2 is 1.22 bits per heavy atom. The molecule has 9 heteroatoms. The molecule has 0 bridgehead atoms. The maximum Gasteiger partial charge on any atom is 0.306 e. The Kier molecular flexibility index (Phi) is 17.4. The first-order chi connectivity index (χ1) is 17.3. The second-order valence-electron chi connectivity index (χ2n) is 9.89. The van der Waals surface area contributed by atoms with E-state index in [0.717, 1.165) is 57.9 Å². The first kappa shape index (κ1) is 32.3. The third-order valence-electron chi connectivity index (χ3n) is 6.18. The van der Waals surface area contributed by atoms with Gasteiger partial charge in [-0.05, 0) is 39.9 Å². The van der Waals surface area contributed by atoms with Crippen LogP contribution in [0.25, 0.3) is 0 Å². The third kappa shape index (κ3) is 14.1. The zero-order chi connectivity index (χ0) is 26.8. The zero-order valence-corrected chi connectivity index (χ0v) is 22.9. The standard InChI is InChI=1S/C27H49NO8/c1-5-7-9-11-13-16-23(30)35-25-21(20-33-22(29)18-15-19-28(3)4)34-27(32)26(25)36-24(31)17-14-12-10-8-6-2/h21,25-27,32H,5-20H2,1-4H3/t21-,25+,26?,27-/m1/s1. The molecular formula is C27H49NO8. The van der Waals surface area contributed by atoms with E-state index in [0.29, 0.717) is 19.3 Å². The van der Waals surface area contributed by atoms with Gasteiger partial charge in [0.2, 0.25) is 0 Å². The Morgan fingerprint density at radius 3 is 1.75 bits per heavy atom. The SMILES string of the molecule is CCCCCCCC(=O)OC1[C@H](O)O[C@H](COC(=O)CCCN(C)C)[C@@H]1OC(=O)CCCCCCC. The highest BCUT2D eigenvalue weighted by Crippen LogP contribution is 2.27. The van der Waals surface area contributed by atoms with E-state index in [1.54, 1.807) is 0 Å². The molecule has 1 unspecified atom stereocenters. The van der Waals surface area contributed by atoms with Gasteiger partial charge in [-0.2, -0.15) is 0 Å². The van der Waals surface area contributed by atoms with Gasteiger partial charge in [-0.1, -0.05) is 65.2 Å². The lowest BCUT2D eigenvalue weighted by Crippen LogP contribution is -2.42. The highest BCUT2D eigenvalue weighted by molar-refractivity contribution is 5.71. The van der Waals surface area contributed by atoms with Crippen LogP contribution in [0.15, 0.2) is 0 Å². The van der Waals surface area contributed by atoms with E-state index < -0.39 is 42.5 Å². The van der Waals surface area contributed by atoms with Gasteiger partial charge in [0.25, 0.3) is 0 Å². The first-order valence-electron chi connectivity index (χ1n) is 13.8. The molecule has 0 saturated carbocycles. The van der Waals surface area contributed by atoms with E-state index in [1.165, 1.54) is 0 Å². The molecule has 9 nitrogen and oxygen atoms in total. The van der Waals surface area contributed by atoms with Crippen LogP contribution in [0, 0.1) is 0 Å². The second-order valence-corrected chi connectivity index (χ2v) is 9.89. The zero-order valence-electron chi connectivity index (χ0n) is 22.9. The highest BCUT2D eigenvalue weighted by atomic mass is 16.7. The van der Waals surface area contributed by atoms with Crippen molar-refractivity contribution in [3.63, 3.8) is 0 Å². The normalized spacial score (nSPS) is 21.5. The molecule has 1 aliphatic rings. The van der Waals surface area contributed by atoms with Crippen LogP contribution in [0.5, 0.6) is 0 Å². The smallest absolute Gasteiger partial charge is 0.306 e. The predicted molar refractivity (Wildman–Crippen MR) is 136 cm³/mol. The van der Waals surface area contributed by atoms with E-state index in [1.807, 2.05) is 19.0 Å². The van der Waals surface area contributed by atoms with Crippen LogP contribution < -0.4 is 0 Å². The van der Waals surface area contributed by atoms with Gasteiger partial charge < -0.3 is 29.0 Å². The van der Waals surface area contributed by atoms with E-state index in [-0.39, 0.29) is 25.9 Å². The topological polar surface area (TPSA) is 112 Å². The number of rotatable bonds is 20. The summed E-state index contributed by atoms with van der Waals surface area (Å²) in [5.74, 6) is -1.32. The van der Waals surface area contributed by atoms with Crippen LogP contribution in [0.2, 0.25) is 0 Å². The van der Waals surface area contributed by atoms with Crippen molar-refractivity contribution in [2.75, 3.05) is 27.2 Å². The number of esters is 3. The van der Waals surface area contributed by atoms with Gasteiger partial charge in [0, 0.05) is 19.3 Å². The van der Waals surface area contributed by atoms with Crippen LogP contribution in [-0.4, -0.2) is 79.8 Å². The molecule has 0 spiro atoms. The fourth-order valence-corrected chi connectivity index (χ4v) is 4.06. The minimum absolute atomic E-state index is 0.197. The molecule has 4 atom stereocenters. The number of carbonyl (C=O) groups excluding carboxylic acids is 3. The van der Waals surface area contributed by atoms with Crippen molar-refractivity contribution in [1.82, 2.24) is 4.90 Å². The Balaban J connectivity index is 2.67. The predicted octanol–water partition coefficient (Wildman–Crippen LogP) is 4.13. The summed E-state index contributed by atoms with van der Waals surface area (Å²) in [6.07, 6.45) is 6.59. The number of carbonyl (C=O) groups is 3. The van der Waals surface area contributed by atoms with E-state index in [2.05, 4.69) is 13.8 Å². The van der Waals surface area contributed by atoms with Gasteiger partial charge in [0.15, 0.2) is 18.5 Å². The van der Waals surface area contributed by atoms with Gasteiger partial charge in [-0.15, -0.1) is 0 Å². The van der Waals surface area contributed by atoms with Gasteiger partial charge in [0.1, 0.15) is 12.7 Å². The number of aliphatic hydroxyl groups is 1. The second kappa shape index (κ2) is 19.4. The summed E-state index contributed by atoms with van der Waals surface area (Å²) in [4.78, 5) is 39.0. The van der Waals surface area contributed by atoms with Crippen LogP contribution in [0.3, 0.4) is 0 Å². The molecule has 0 amide bonds. The maximum atomic E-state index is 12.5. The maximum absolute atomic E-state index is 12.5. The fraction of sp³-hybridized carbons (Fsp3) is 0.889. The molecule has 1 saturated heterocycles. The Hall–Kier alpha value is -1.71. The summed E-state index contributed by atoms with van der Waals surface area (Å²) in [5.41, 5.74) is 0. The van der Waals surface area contributed by atoms with Crippen molar-refractivity contribution in [3.05, 3.63) is 0 Å². The van der Waals surface area contributed by atoms with Crippen LogP contribution >= 0.6 is 0 Å². The quantitative estimate of drug-likeness (QED) is 0.145. The number of unbranched alkanes of at least 4 members (excludes halogenated alkanes) is 8. The summed E-state index contributed by atoms with van der Waals surface area (Å²) >= 11 is 0. The molecule has 0 aromatic carbocycles. The van der Waals surface area contributed by atoms with Crippen molar-refractivity contribution >= 4 is 17.9 Å². The molecule has 36 heavy (non-hydrogen) atoms. The minimum Gasteiger partial charge on any atom is -0.463 e. The average Bonchev–Trinajstić information content (AvgIpc) is 3.11. The minimum atomic E-state index is -1.46. The van der Waals surface area contributed by atoms with E-state index in [9.17, 15) is 19.5 Å². The average molecular weight is 516 g/mol. The summed E-state index contributed by atoms with van der Waals surface area (Å²) in [7, 11) is 3.85. The number of nitrogens with zero attached hydrogens (tertiary/aromatic N) is 1. The molecule has 0 aromatic rings. The molecule has 1 heterocycles. The lowest BCUT2D eigenvalue weighted by Gasteiger charge is -2.23. The van der Waals surface area contributed by atoms with Gasteiger partial charge in [-0.25, -0.2) is 0 Å². The lowest BCUT2D eigenvalue weighted by molar-refractivity contribution is -0.177. The lowest BCUT2D eigenvalue weighted by atomic mass is 10.1. The summed E-state index contributed by atoms with van der Waals surface area (Å²) in [5, 5.41) is 10.4. The Morgan fingerprint density at radius 1 is 0.722 bits per heavy atom. The highest BCUT2D eigenvalue weighted by Gasteiger charge is 2.49. The van der Waals surface area contributed by atoms with Gasteiger partial charge >= 0.3 is 17.9 Å². The summed E-state index contributed by atoms with van der Waals surface area (Å²) in [6, 6.07) is 0. The molecule has 1 rings (SSSR count). The molecule has 0 aliphatic carbocycles. The van der Waals surface area contributed by atoms with Crippen molar-refractivity contribution < 1.29 is 38.4 Å². The molecule has 1 N–H and O–H groups in total. The van der Waals surface area contributed by atoms with Crippen molar-refractivity contribution in [2.24, 2.45) is 0 Å². The number of ether oxygens (including phenoxy) is 4. The summed E-state index contributed by atoms with van der Waals surface area (Å²) < 4.78 is 21.9. The van der Waals surface area contributed by atoms with Crippen molar-refractivity contribution in [1.29, 1.82) is 0 Å². The van der Waals surface area contributed by atoms with E-state index in [4.69, 9.17) is 18.9 Å². The van der Waals surface area contributed by atoms with Crippen LogP contribution in [-0.2, 0) is 33.3 Å². The fourth-order valence-electron chi connectivity index (χ4n) is 4.06. The largest absolute Gasteiger partial charge is 0.463 e. The monoisotopic (exact) mass is 515 g/mol. The molecular weight excluding hydrogens is 466 g/mol. The van der Waals surface area contributed by atoms with Crippen LogP contribution in [0.4, 0.5) is 0 Å². The molecule has 1 aliphatic heterocycles. The first-order valence-corrected chi connectivity index (χ1v) is 13.8. The molecule has 210 valence electrons. The molecule has 0 aromatic heterocycles. The number of hydrogen-bond acceptors (Lipinski definition) is 9. The number of hydrogen-bond donors (Lipinski definition) is 1. The number of aliphatic hydroxyl groups excluding tert-OH is 1. The Labute approximate surface area is 217 Å². The van der Waals surface area contributed by atoms with Crippen molar-refractivity contribution in [2.45, 2.75) is 128 Å². The van der Waals surface area contributed by atoms with Gasteiger partial charge in [0.05, 0.1) is 0 Å². The Bertz CT molecular complexity index is 627. The van der Waals surface area contributed by atoms with E-state index >= 15 is 0 Å². The van der Waals surface area contributed by atoms with Gasteiger partial charge in [-0.3, -0.25) is 14.4 Å². The molecule has 1 fully saturated rings. The summed E-state index contributed by atoms with van der Waals surface area (Å²) in [6.45, 7) is 4.81. The van der Waals surface area contributed by atoms with Crippen LogP contribution in [0.1, 0.15) is 104 Å². The molecule has 0 radical (unpaired) electrons.